The van der Waals surface area contributed by atoms with Crippen molar-refractivity contribution < 1.29 is 8.42 Å². The van der Waals surface area contributed by atoms with Gasteiger partial charge in [0.05, 0.1) is 0 Å². The van der Waals surface area contributed by atoms with Gasteiger partial charge >= 0.3 is 0 Å². The molecule has 1 atom stereocenters. The molecule has 0 radical (unpaired) electrons. The smallest absolute Gasteiger partial charge is 0.210 e. The third kappa shape index (κ3) is 2.15. The fourth-order valence-electron chi connectivity index (χ4n) is 0.950. The van der Waals surface area contributed by atoms with Crippen LogP contribution in [0.25, 0.3) is 0 Å². The third-order valence-electron chi connectivity index (χ3n) is 1.40. The lowest BCUT2D eigenvalue weighted by atomic mass is 10.2. The number of hydrogen-bond acceptors (Lipinski definition) is 3. The van der Waals surface area contributed by atoms with Crippen molar-refractivity contribution in [3.63, 3.8) is 0 Å². The summed E-state index contributed by atoms with van der Waals surface area (Å²) in [5.41, 5.74) is 0. The highest BCUT2D eigenvalue weighted by molar-refractivity contribution is 7.71. The molecule has 0 aliphatic carbocycles. The standard InChI is InChI=1S/C5H9NO2S/c7-9(8)4-5-1-2-6-3-5/h4-6H,1-3H2/t5-/m0/s1. The van der Waals surface area contributed by atoms with Crippen LogP contribution in [0.1, 0.15) is 6.42 Å². The van der Waals surface area contributed by atoms with Gasteiger partial charge in [-0.15, -0.1) is 0 Å². The molecule has 0 aromatic heterocycles. The molecule has 1 rings (SSSR count). The lowest BCUT2D eigenvalue weighted by Gasteiger charge is -1.91. The Morgan fingerprint density at radius 3 is 2.78 bits per heavy atom. The molecule has 52 valence electrons. The summed E-state index contributed by atoms with van der Waals surface area (Å²) in [6.07, 6.45) is 0.952. The lowest BCUT2D eigenvalue weighted by molar-refractivity contribution is 0.626. The van der Waals surface area contributed by atoms with Gasteiger partial charge in [-0.3, -0.25) is 0 Å². The highest BCUT2D eigenvalue weighted by Crippen LogP contribution is 2.02. The average Bonchev–Trinajstić information content (AvgIpc) is 2.15. The van der Waals surface area contributed by atoms with Crippen molar-refractivity contribution >= 4 is 15.7 Å². The zero-order valence-corrected chi connectivity index (χ0v) is 5.82. The van der Waals surface area contributed by atoms with E-state index >= 15 is 0 Å². The minimum absolute atomic E-state index is 0.239. The predicted molar refractivity (Wildman–Crippen MR) is 36.0 cm³/mol. The predicted octanol–water partition coefficient (Wildman–Crippen LogP) is -0.723. The van der Waals surface area contributed by atoms with E-state index in [0.717, 1.165) is 19.5 Å². The van der Waals surface area contributed by atoms with Crippen molar-refractivity contribution in [2.75, 3.05) is 13.1 Å². The van der Waals surface area contributed by atoms with Crippen LogP contribution in [0.3, 0.4) is 0 Å². The first-order chi connectivity index (χ1) is 4.29. The van der Waals surface area contributed by atoms with E-state index in [1.807, 2.05) is 0 Å². The van der Waals surface area contributed by atoms with Crippen LogP contribution < -0.4 is 5.32 Å². The van der Waals surface area contributed by atoms with Crippen LogP contribution in [0.5, 0.6) is 0 Å². The van der Waals surface area contributed by atoms with Gasteiger partial charge in [0.15, 0.2) is 0 Å². The normalized spacial score (nSPS) is 26.0. The third-order valence-corrected chi connectivity index (χ3v) is 2.01. The summed E-state index contributed by atoms with van der Waals surface area (Å²) < 4.78 is 20.1. The van der Waals surface area contributed by atoms with Gasteiger partial charge in [0.25, 0.3) is 0 Å². The van der Waals surface area contributed by atoms with Gasteiger partial charge in [-0.2, -0.15) is 8.42 Å². The number of hydrogen-bond donors (Lipinski definition) is 1. The molecule has 0 saturated carbocycles. The molecular formula is C5H9NO2S. The van der Waals surface area contributed by atoms with Gasteiger partial charge in [-0.1, -0.05) is 0 Å². The molecule has 1 heterocycles. The largest absolute Gasteiger partial charge is 0.316 e. The second kappa shape index (κ2) is 2.98. The second-order valence-electron chi connectivity index (χ2n) is 2.15. The maximum atomic E-state index is 10.1. The summed E-state index contributed by atoms with van der Waals surface area (Å²) in [6.45, 7) is 1.76. The first-order valence-electron chi connectivity index (χ1n) is 2.93. The Labute approximate surface area is 55.6 Å². The molecule has 9 heavy (non-hydrogen) atoms. The van der Waals surface area contributed by atoms with Gasteiger partial charge in [-0.05, 0) is 13.0 Å². The maximum Gasteiger partial charge on any atom is 0.210 e. The SMILES string of the molecule is O=S(=O)=C[C@H]1CCNC1. The minimum atomic E-state index is -1.97. The monoisotopic (exact) mass is 147 g/mol. The Balaban J connectivity index is 2.54. The first-order valence-corrected chi connectivity index (χ1v) is 4.06. The summed E-state index contributed by atoms with van der Waals surface area (Å²) in [5, 5.41) is 4.43. The van der Waals surface area contributed by atoms with E-state index in [9.17, 15) is 8.42 Å². The van der Waals surface area contributed by atoms with Crippen LogP contribution in [0.2, 0.25) is 0 Å². The second-order valence-corrected chi connectivity index (χ2v) is 2.94. The van der Waals surface area contributed by atoms with Crippen LogP contribution in [0.4, 0.5) is 0 Å². The van der Waals surface area contributed by atoms with Crippen LogP contribution in [0, 0.1) is 5.92 Å². The molecule has 0 unspecified atom stereocenters. The highest BCUT2D eigenvalue weighted by atomic mass is 32.2. The molecule has 0 amide bonds. The Morgan fingerprint density at radius 1 is 1.56 bits per heavy atom. The van der Waals surface area contributed by atoms with Crippen molar-refractivity contribution in [1.82, 2.24) is 5.32 Å². The van der Waals surface area contributed by atoms with E-state index in [2.05, 4.69) is 5.32 Å². The topological polar surface area (TPSA) is 46.2 Å². The molecular weight excluding hydrogens is 138 g/mol. The molecule has 1 saturated heterocycles. The first kappa shape index (κ1) is 6.77. The summed E-state index contributed by atoms with van der Waals surface area (Å²) in [6, 6.07) is 0. The van der Waals surface area contributed by atoms with E-state index in [1.165, 1.54) is 5.37 Å². The van der Waals surface area contributed by atoms with Crippen LogP contribution in [-0.4, -0.2) is 26.9 Å². The van der Waals surface area contributed by atoms with E-state index in [0.29, 0.717) is 0 Å². The summed E-state index contributed by atoms with van der Waals surface area (Å²) >= 11 is 0. The zero-order valence-electron chi connectivity index (χ0n) is 5.00. The molecule has 1 fully saturated rings. The fourth-order valence-corrected chi connectivity index (χ4v) is 1.50. The molecule has 3 nitrogen and oxygen atoms in total. The summed E-state index contributed by atoms with van der Waals surface area (Å²) in [4.78, 5) is 0. The van der Waals surface area contributed by atoms with Crippen molar-refractivity contribution in [2.45, 2.75) is 6.42 Å². The summed E-state index contributed by atoms with van der Waals surface area (Å²) in [7, 11) is -1.97. The van der Waals surface area contributed by atoms with Crippen molar-refractivity contribution in [3.8, 4) is 0 Å². The minimum Gasteiger partial charge on any atom is -0.316 e. The molecule has 1 aliphatic heterocycles. The van der Waals surface area contributed by atoms with E-state index in [1.54, 1.807) is 0 Å². The van der Waals surface area contributed by atoms with E-state index in [-0.39, 0.29) is 5.92 Å². The van der Waals surface area contributed by atoms with E-state index < -0.39 is 10.3 Å². The van der Waals surface area contributed by atoms with Gasteiger partial charge in [-0.25, -0.2) is 0 Å². The Bertz CT molecular complexity index is 193. The van der Waals surface area contributed by atoms with Crippen LogP contribution in [0.15, 0.2) is 0 Å². The molecule has 0 bridgehead atoms. The van der Waals surface area contributed by atoms with Gasteiger partial charge in [0, 0.05) is 17.8 Å². The van der Waals surface area contributed by atoms with Gasteiger partial charge < -0.3 is 5.32 Å². The van der Waals surface area contributed by atoms with Crippen LogP contribution >= 0.6 is 0 Å². The lowest BCUT2D eigenvalue weighted by Crippen LogP contribution is -2.09. The van der Waals surface area contributed by atoms with Gasteiger partial charge in [0.2, 0.25) is 10.3 Å². The highest BCUT2D eigenvalue weighted by Gasteiger charge is 2.11. The summed E-state index contributed by atoms with van der Waals surface area (Å²) in [5.74, 6) is 0.239. The average molecular weight is 147 g/mol. The Morgan fingerprint density at radius 2 is 2.33 bits per heavy atom. The zero-order chi connectivity index (χ0) is 6.69. The molecule has 0 aromatic rings. The Kier molecular flexibility index (Phi) is 2.24. The number of nitrogens with one attached hydrogen (secondary N) is 1. The van der Waals surface area contributed by atoms with Crippen molar-refractivity contribution in [1.29, 1.82) is 0 Å². The van der Waals surface area contributed by atoms with Crippen LogP contribution in [-0.2, 0) is 10.3 Å². The fraction of sp³-hybridized carbons (Fsp3) is 0.800. The van der Waals surface area contributed by atoms with Crippen molar-refractivity contribution in [2.24, 2.45) is 5.92 Å². The molecule has 0 aromatic carbocycles. The molecule has 0 spiro atoms. The van der Waals surface area contributed by atoms with Crippen molar-refractivity contribution in [3.05, 3.63) is 0 Å². The van der Waals surface area contributed by atoms with E-state index in [4.69, 9.17) is 0 Å². The maximum absolute atomic E-state index is 10.1. The molecule has 4 heteroatoms. The Hall–Kier alpha value is -0.350. The van der Waals surface area contributed by atoms with Gasteiger partial charge in [0.1, 0.15) is 0 Å². The quantitative estimate of drug-likeness (QED) is 0.498. The molecule has 1 aliphatic rings. The molecule has 1 N–H and O–H groups in total. The number of rotatable bonds is 1.